The highest BCUT2D eigenvalue weighted by molar-refractivity contribution is 6.39. The smallest absolute Gasteiger partial charge is 0.326 e. The Labute approximate surface area is 192 Å². The number of amides is 2. The van der Waals surface area contributed by atoms with Crippen LogP contribution in [0.4, 0.5) is 5.69 Å². The molecule has 1 aromatic carbocycles. The molecule has 2 aromatic heterocycles. The van der Waals surface area contributed by atoms with Gasteiger partial charge in [-0.2, -0.15) is 0 Å². The molecule has 164 valence electrons. The van der Waals surface area contributed by atoms with Gasteiger partial charge < -0.3 is 20.8 Å². The van der Waals surface area contributed by atoms with Gasteiger partial charge in [0.2, 0.25) is 5.88 Å². The Morgan fingerprint density at radius 3 is 2.25 bits per heavy atom. The average Bonchev–Trinajstić information content (AvgIpc) is 2.74. The second-order valence-corrected chi connectivity index (χ2v) is 7.39. The zero-order chi connectivity index (χ0) is 23.3. The van der Waals surface area contributed by atoms with Crippen molar-refractivity contribution in [2.24, 2.45) is 0 Å². The van der Waals surface area contributed by atoms with Gasteiger partial charge in [0.15, 0.2) is 0 Å². The van der Waals surface area contributed by atoms with Crippen LogP contribution in [0.15, 0.2) is 55.0 Å². The summed E-state index contributed by atoms with van der Waals surface area (Å²) in [7, 11) is 0. The number of carboxylic acid groups (broad SMARTS) is 1. The number of carbonyl (C=O) groups excluding carboxylic acids is 2. The van der Waals surface area contributed by atoms with Crippen molar-refractivity contribution in [1.82, 2.24) is 15.3 Å². The van der Waals surface area contributed by atoms with Crippen LogP contribution in [0, 0.1) is 0 Å². The Kier molecular flexibility index (Phi) is 7.24. The monoisotopic (exact) mass is 474 g/mol. The Hall–Kier alpha value is -3.69. The first-order valence-electron chi connectivity index (χ1n) is 9.13. The van der Waals surface area contributed by atoms with E-state index in [0.29, 0.717) is 11.3 Å². The van der Waals surface area contributed by atoms with Crippen molar-refractivity contribution in [1.29, 1.82) is 0 Å². The first-order valence-corrected chi connectivity index (χ1v) is 9.88. The van der Waals surface area contributed by atoms with Crippen molar-refractivity contribution in [2.75, 3.05) is 5.32 Å². The van der Waals surface area contributed by atoms with E-state index in [1.165, 1.54) is 30.7 Å². The van der Waals surface area contributed by atoms with Crippen molar-refractivity contribution in [3.05, 3.63) is 81.7 Å². The Bertz CT molecular complexity index is 1150. The maximum absolute atomic E-state index is 12.5. The second-order valence-electron chi connectivity index (χ2n) is 6.57. The summed E-state index contributed by atoms with van der Waals surface area (Å²) in [6.45, 7) is 0. The van der Waals surface area contributed by atoms with E-state index in [-0.39, 0.29) is 27.6 Å². The molecule has 3 aromatic rings. The minimum Gasteiger partial charge on any atom is -0.493 e. The first-order chi connectivity index (χ1) is 15.3. The molecule has 4 N–H and O–H groups in total. The predicted octanol–water partition coefficient (Wildman–Crippen LogP) is 3.17. The maximum atomic E-state index is 12.5. The van der Waals surface area contributed by atoms with Crippen molar-refractivity contribution in [3.63, 3.8) is 0 Å². The summed E-state index contributed by atoms with van der Waals surface area (Å²) >= 11 is 11.9. The highest BCUT2D eigenvalue weighted by Gasteiger charge is 2.24. The zero-order valence-electron chi connectivity index (χ0n) is 16.3. The van der Waals surface area contributed by atoms with Crippen LogP contribution in [0.2, 0.25) is 10.0 Å². The van der Waals surface area contributed by atoms with E-state index >= 15 is 0 Å². The van der Waals surface area contributed by atoms with Crippen LogP contribution in [0.5, 0.6) is 5.88 Å². The molecule has 0 aliphatic carbocycles. The van der Waals surface area contributed by atoms with Crippen molar-refractivity contribution in [2.45, 2.75) is 12.5 Å². The lowest BCUT2D eigenvalue weighted by Gasteiger charge is -2.16. The summed E-state index contributed by atoms with van der Waals surface area (Å²) in [5.41, 5.74) is 0.963. The van der Waals surface area contributed by atoms with Crippen molar-refractivity contribution >= 4 is 46.7 Å². The molecule has 0 aliphatic heterocycles. The SMILES string of the molecule is O=C(Nc1ccc(C[C@H](NC(=O)c2c(Cl)cncc2Cl)C(=O)O)cc1)c1cccnc1O. The molecule has 0 saturated carbocycles. The lowest BCUT2D eigenvalue weighted by Crippen LogP contribution is -2.42. The normalized spacial score (nSPS) is 11.4. The zero-order valence-corrected chi connectivity index (χ0v) is 17.8. The molecule has 2 heterocycles. The van der Waals surface area contributed by atoms with E-state index in [1.54, 1.807) is 24.3 Å². The van der Waals surface area contributed by atoms with E-state index in [1.807, 2.05) is 0 Å². The molecule has 0 radical (unpaired) electrons. The topological polar surface area (TPSA) is 142 Å². The third-order valence-corrected chi connectivity index (χ3v) is 4.94. The quantitative estimate of drug-likeness (QED) is 0.411. The van der Waals surface area contributed by atoms with Crippen molar-refractivity contribution in [3.8, 4) is 5.88 Å². The van der Waals surface area contributed by atoms with Gasteiger partial charge in [-0.25, -0.2) is 9.78 Å². The Morgan fingerprint density at radius 1 is 1.00 bits per heavy atom. The number of carboxylic acids is 1. The number of hydrogen-bond donors (Lipinski definition) is 4. The lowest BCUT2D eigenvalue weighted by molar-refractivity contribution is -0.139. The number of aliphatic carboxylic acids is 1. The largest absolute Gasteiger partial charge is 0.493 e. The van der Waals surface area contributed by atoms with Gasteiger partial charge in [0.25, 0.3) is 11.8 Å². The summed E-state index contributed by atoms with van der Waals surface area (Å²) in [4.78, 5) is 43.8. The van der Waals surface area contributed by atoms with E-state index < -0.39 is 29.7 Å². The van der Waals surface area contributed by atoms with Gasteiger partial charge in [-0.15, -0.1) is 0 Å². The number of pyridine rings is 2. The van der Waals surface area contributed by atoms with Gasteiger partial charge in [-0.05, 0) is 29.8 Å². The highest BCUT2D eigenvalue weighted by atomic mass is 35.5. The summed E-state index contributed by atoms with van der Waals surface area (Å²) in [6, 6.07) is 8.03. The van der Waals surface area contributed by atoms with Gasteiger partial charge in [0.05, 0.1) is 15.6 Å². The summed E-state index contributed by atoms with van der Waals surface area (Å²) in [5, 5.41) is 24.2. The molecule has 0 saturated heterocycles. The second kappa shape index (κ2) is 10.1. The molecule has 11 heteroatoms. The molecule has 9 nitrogen and oxygen atoms in total. The molecule has 0 unspecified atom stereocenters. The number of aromatic hydroxyl groups is 1. The number of benzene rings is 1. The van der Waals surface area contributed by atoms with Gasteiger partial charge in [0, 0.05) is 30.7 Å². The summed E-state index contributed by atoms with van der Waals surface area (Å²) in [6.07, 6.45) is 3.79. The van der Waals surface area contributed by atoms with Gasteiger partial charge in [-0.1, -0.05) is 35.3 Å². The number of rotatable bonds is 7. The third kappa shape index (κ3) is 5.51. The van der Waals surface area contributed by atoms with Gasteiger partial charge in [0.1, 0.15) is 11.6 Å². The van der Waals surface area contributed by atoms with Gasteiger partial charge in [-0.3, -0.25) is 14.6 Å². The summed E-state index contributed by atoms with van der Waals surface area (Å²) < 4.78 is 0. The lowest BCUT2D eigenvalue weighted by atomic mass is 10.0. The molecule has 1 atom stereocenters. The molecule has 3 rings (SSSR count). The van der Waals surface area contributed by atoms with Crippen LogP contribution in [-0.2, 0) is 11.2 Å². The minimum atomic E-state index is -1.25. The molecular formula is C21H16Cl2N4O5. The minimum absolute atomic E-state index is 0.00103. The van der Waals surface area contributed by atoms with Crippen LogP contribution in [0.3, 0.4) is 0 Å². The van der Waals surface area contributed by atoms with E-state index in [4.69, 9.17) is 23.2 Å². The first kappa shape index (κ1) is 23.0. The number of hydrogen-bond acceptors (Lipinski definition) is 6. The maximum Gasteiger partial charge on any atom is 0.326 e. The molecule has 0 aliphatic rings. The fourth-order valence-electron chi connectivity index (χ4n) is 2.79. The third-order valence-electron chi connectivity index (χ3n) is 4.37. The van der Waals surface area contributed by atoms with E-state index in [2.05, 4.69) is 20.6 Å². The van der Waals surface area contributed by atoms with Crippen molar-refractivity contribution < 1.29 is 24.6 Å². The highest BCUT2D eigenvalue weighted by Crippen LogP contribution is 2.23. The fraction of sp³-hybridized carbons (Fsp3) is 0.0952. The van der Waals surface area contributed by atoms with E-state index in [0.717, 1.165) is 0 Å². The van der Waals surface area contributed by atoms with Crippen LogP contribution < -0.4 is 10.6 Å². The predicted molar refractivity (Wildman–Crippen MR) is 117 cm³/mol. The molecule has 0 fully saturated rings. The number of nitrogens with zero attached hydrogens (tertiary/aromatic N) is 2. The fourth-order valence-corrected chi connectivity index (χ4v) is 3.33. The molecule has 0 bridgehead atoms. The number of carbonyl (C=O) groups is 3. The Morgan fingerprint density at radius 2 is 1.66 bits per heavy atom. The number of aromatic nitrogens is 2. The molecular weight excluding hydrogens is 459 g/mol. The van der Waals surface area contributed by atoms with Crippen LogP contribution in [0.1, 0.15) is 26.3 Å². The Balaban J connectivity index is 1.68. The van der Waals surface area contributed by atoms with Crippen LogP contribution in [0.25, 0.3) is 0 Å². The van der Waals surface area contributed by atoms with Gasteiger partial charge >= 0.3 is 5.97 Å². The van der Waals surface area contributed by atoms with E-state index in [9.17, 15) is 24.6 Å². The molecule has 32 heavy (non-hydrogen) atoms. The molecule has 2 amide bonds. The average molecular weight is 475 g/mol. The molecule has 0 spiro atoms. The van der Waals surface area contributed by atoms with Crippen LogP contribution in [-0.4, -0.2) is 44.0 Å². The number of nitrogens with one attached hydrogen (secondary N) is 2. The standard InChI is InChI=1S/C21H16Cl2N4O5/c22-14-9-24-10-15(23)17(14)20(30)27-16(21(31)32)8-11-3-5-12(6-4-11)26-19(29)13-2-1-7-25-18(13)28/h1-7,9-10,16H,8H2,(H,25,28)(H,26,29)(H,27,30)(H,31,32)/t16-/m0/s1. The summed E-state index contributed by atoms with van der Waals surface area (Å²) in [5.74, 6) is -2.93. The van der Waals surface area contributed by atoms with Crippen LogP contribution >= 0.6 is 23.2 Å². The number of anilines is 1. The number of halogens is 2.